The van der Waals surface area contributed by atoms with E-state index in [-0.39, 0.29) is 16.3 Å². The van der Waals surface area contributed by atoms with Gasteiger partial charge in [-0.25, -0.2) is 0 Å². The zero-order chi connectivity index (χ0) is 14.8. The minimum absolute atomic E-state index is 0.0135. The van der Waals surface area contributed by atoms with Crippen LogP contribution in [0.15, 0.2) is 42.5 Å². The molecule has 1 aliphatic heterocycles. The number of fused-ring (bicyclic) bond motifs is 1. The number of aldehydes is 1. The molecule has 0 amide bonds. The molecule has 2 heterocycles. The summed E-state index contributed by atoms with van der Waals surface area (Å²) < 4.78 is 2.08. The van der Waals surface area contributed by atoms with Crippen LogP contribution in [-0.4, -0.2) is 21.9 Å². The molecule has 0 saturated carbocycles. The largest absolute Gasteiger partial charge is 0.341 e. The lowest BCUT2D eigenvalue weighted by Crippen LogP contribution is -2.13. The fourth-order valence-electron chi connectivity index (χ4n) is 2.78. The maximum atomic E-state index is 12.7. The molecule has 1 unspecified atom stereocenters. The topological polar surface area (TPSA) is 39.1 Å². The Balaban J connectivity index is 1.97. The number of thioether (sulfide) groups is 1. The third kappa shape index (κ3) is 2.68. The average Bonchev–Trinajstić information content (AvgIpc) is 2.88. The number of carbonyl (C=O) groups excluding carboxylic acids is 2. The van der Waals surface area contributed by atoms with Crippen LogP contribution >= 0.6 is 11.8 Å². The Morgan fingerprint density at radius 3 is 2.71 bits per heavy atom. The van der Waals surface area contributed by atoms with Crippen molar-refractivity contribution in [3.63, 3.8) is 0 Å². The number of aromatic nitrogens is 1. The Kier molecular flexibility index (Phi) is 3.97. The first-order valence-corrected chi connectivity index (χ1v) is 8.05. The molecule has 0 bridgehead atoms. The van der Waals surface area contributed by atoms with Crippen LogP contribution in [0.2, 0.25) is 0 Å². The van der Waals surface area contributed by atoms with Gasteiger partial charge >= 0.3 is 0 Å². The maximum absolute atomic E-state index is 12.7. The highest BCUT2D eigenvalue weighted by atomic mass is 32.2. The first kappa shape index (κ1) is 14.1. The predicted octanol–water partition coefficient (Wildman–Crippen LogP) is 3.48. The first-order valence-electron chi connectivity index (χ1n) is 7.10. The number of hydrogen-bond acceptors (Lipinski definition) is 3. The van der Waals surface area contributed by atoms with Gasteiger partial charge in [-0.15, -0.1) is 11.8 Å². The van der Waals surface area contributed by atoms with Crippen molar-refractivity contribution >= 4 is 23.8 Å². The fourth-order valence-corrected chi connectivity index (χ4v) is 3.96. The van der Waals surface area contributed by atoms with E-state index in [0.717, 1.165) is 30.6 Å². The molecule has 0 fully saturated rings. The number of nitrogens with zero attached hydrogens (tertiary/aromatic N) is 1. The molecule has 0 radical (unpaired) electrons. The third-order valence-corrected chi connectivity index (χ3v) is 5.21. The van der Waals surface area contributed by atoms with E-state index < -0.39 is 0 Å². The summed E-state index contributed by atoms with van der Waals surface area (Å²) in [5.74, 6) is 0.0450. The van der Waals surface area contributed by atoms with Crippen LogP contribution in [-0.2, 0) is 11.3 Å². The van der Waals surface area contributed by atoms with Gasteiger partial charge in [-0.2, -0.15) is 0 Å². The lowest BCUT2D eigenvalue weighted by molar-refractivity contribution is -0.107. The summed E-state index contributed by atoms with van der Waals surface area (Å²) in [6, 6.07) is 13.3. The van der Waals surface area contributed by atoms with Gasteiger partial charge in [-0.1, -0.05) is 30.3 Å². The predicted molar refractivity (Wildman–Crippen MR) is 84.8 cm³/mol. The van der Waals surface area contributed by atoms with Gasteiger partial charge < -0.3 is 9.36 Å². The van der Waals surface area contributed by atoms with Crippen LogP contribution in [0.4, 0.5) is 0 Å². The summed E-state index contributed by atoms with van der Waals surface area (Å²) in [6.07, 6.45) is 1.79. The van der Waals surface area contributed by atoms with Crippen molar-refractivity contribution in [1.29, 1.82) is 0 Å². The summed E-state index contributed by atoms with van der Waals surface area (Å²) in [6.45, 7) is 2.81. The molecule has 3 rings (SSSR count). The van der Waals surface area contributed by atoms with Gasteiger partial charge in [-0.3, -0.25) is 4.79 Å². The molecule has 0 N–H and O–H groups in total. The van der Waals surface area contributed by atoms with Crippen LogP contribution < -0.4 is 0 Å². The highest BCUT2D eigenvalue weighted by Gasteiger charge is 2.25. The van der Waals surface area contributed by atoms with Gasteiger partial charge in [0.05, 0.1) is 10.9 Å². The van der Waals surface area contributed by atoms with Crippen molar-refractivity contribution in [2.24, 2.45) is 0 Å². The fraction of sp³-hybridized carbons (Fsp3) is 0.294. The SMILES string of the molecule is CC1S[C@@H](C=O)CCn2c(C(=O)c3ccccc3)ccc21. The van der Waals surface area contributed by atoms with E-state index in [0.29, 0.717) is 5.56 Å². The van der Waals surface area contributed by atoms with Crippen molar-refractivity contribution in [3.8, 4) is 0 Å². The zero-order valence-corrected chi connectivity index (χ0v) is 12.7. The van der Waals surface area contributed by atoms with Crippen molar-refractivity contribution < 1.29 is 9.59 Å². The van der Waals surface area contributed by atoms with Crippen LogP contribution in [0.25, 0.3) is 0 Å². The molecule has 2 aromatic rings. The van der Waals surface area contributed by atoms with Gasteiger partial charge in [0, 0.05) is 23.1 Å². The molecule has 0 saturated heterocycles. The Morgan fingerprint density at radius 2 is 2.00 bits per heavy atom. The molecule has 0 spiro atoms. The standard InChI is InChI=1S/C17H17NO2S/c1-12-15-7-8-16(17(20)13-5-3-2-4-6-13)18(15)10-9-14(11-19)21-12/h2-8,11-12,14H,9-10H2,1H3/t12?,14-/m1/s1. The van der Waals surface area contributed by atoms with Crippen molar-refractivity contribution in [1.82, 2.24) is 4.57 Å². The second-order valence-corrected chi connectivity index (χ2v) is 6.82. The number of rotatable bonds is 3. The van der Waals surface area contributed by atoms with Crippen molar-refractivity contribution in [2.75, 3.05) is 0 Å². The normalized spacial score (nSPS) is 21.4. The summed E-state index contributed by atoms with van der Waals surface area (Å²) >= 11 is 1.67. The van der Waals surface area contributed by atoms with Crippen LogP contribution in [0.1, 0.15) is 40.3 Å². The quantitative estimate of drug-likeness (QED) is 0.643. The van der Waals surface area contributed by atoms with Gasteiger partial charge in [0.1, 0.15) is 6.29 Å². The molecule has 108 valence electrons. The van der Waals surface area contributed by atoms with E-state index in [1.54, 1.807) is 11.8 Å². The molecule has 21 heavy (non-hydrogen) atoms. The van der Waals surface area contributed by atoms with E-state index in [1.807, 2.05) is 42.5 Å². The van der Waals surface area contributed by atoms with Crippen molar-refractivity contribution in [3.05, 3.63) is 59.4 Å². The molecular formula is C17H17NO2S. The van der Waals surface area contributed by atoms with E-state index >= 15 is 0 Å². The Morgan fingerprint density at radius 1 is 1.24 bits per heavy atom. The second-order valence-electron chi connectivity index (χ2n) is 5.23. The van der Waals surface area contributed by atoms with Gasteiger partial charge in [0.15, 0.2) is 0 Å². The highest BCUT2D eigenvalue weighted by Crippen LogP contribution is 2.37. The molecule has 4 heteroatoms. The van der Waals surface area contributed by atoms with E-state index in [1.165, 1.54) is 0 Å². The summed E-state index contributed by atoms with van der Waals surface area (Å²) in [5.41, 5.74) is 2.55. The zero-order valence-electron chi connectivity index (χ0n) is 11.9. The molecule has 1 aromatic heterocycles. The van der Waals surface area contributed by atoms with Crippen LogP contribution in [0.3, 0.4) is 0 Å². The number of ketones is 1. The number of benzene rings is 1. The van der Waals surface area contributed by atoms with Gasteiger partial charge in [-0.05, 0) is 25.5 Å². The van der Waals surface area contributed by atoms with Crippen LogP contribution in [0.5, 0.6) is 0 Å². The van der Waals surface area contributed by atoms with E-state index in [2.05, 4.69) is 11.5 Å². The molecule has 2 atom stereocenters. The Bertz CT molecular complexity index is 663. The monoisotopic (exact) mass is 299 g/mol. The molecule has 0 aliphatic carbocycles. The second kappa shape index (κ2) is 5.90. The van der Waals surface area contributed by atoms with Gasteiger partial charge in [0.25, 0.3) is 0 Å². The lowest BCUT2D eigenvalue weighted by atomic mass is 10.1. The summed E-state index contributed by atoms with van der Waals surface area (Å²) in [5, 5.41) is 0.236. The first-order chi connectivity index (χ1) is 10.2. The Hall–Kier alpha value is -1.81. The smallest absolute Gasteiger partial charge is 0.209 e. The maximum Gasteiger partial charge on any atom is 0.209 e. The van der Waals surface area contributed by atoms with E-state index in [4.69, 9.17) is 0 Å². The molecular weight excluding hydrogens is 282 g/mol. The summed E-state index contributed by atoms with van der Waals surface area (Å²) in [4.78, 5) is 23.7. The highest BCUT2D eigenvalue weighted by molar-refractivity contribution is 8.00. The summed E-state index contributed by atoms with van der Waals surface area (Å²) in [7, 11) is 0. The third-order valence-electron chi connectivity index (χ3n) is 3.87. The molecule has 1 aliphatic rings. The van der Waals surface area contributed by atoms with E-state index in [9.17, 15) is 9.59 Å². The minimum atomic E-state index is 0.0135. The number of carbonyl (C=O) groups is 2. The molecule has 1 aromatic carbocycles. The molecule has 3 nitrogen and oxygen atoms in total. The lowest BCUT2D eigenvalue weighted by Gasteiger charge is -2.12. The van der Waals surface area contributed by atoms with Gasteiger partial charge in [0.2, 0.25) is 5.78 Å². The number of hydrogen-bond donors (Lipinski definition) is 0. The average molecular weight is 299 g/mol. The van der Waals surface area contributed by atoms with Crippen LogP contribution in [0, 0.1) is 0 Å². The minimum Gasteiger partial charge on any atom is -0.341 e. The Labute approximate surface area is 128 Å². The van der Waals surface area contributed by atoms with Crippen molar-refractivity contribution in [2.45, 2.75) is 30.4 Å².